The van der Waals surface area contributed by atoms with Crippen LogP contribution in [-0.2, 0) is 16.2 Å². The van der Waals surface area contributed by atoms with Gasteiger partial charge in [-0.1, -0.05) is 36.4 Å². The Kier molecular flexibility index (Phi) is 7.41. The number of carbonyl (C=O) groups is 3. The van der Waals surface area contributed by atoms with Gasteiger partial charge in [-0.2, -0.15) is 0 Å². The molecular weight excluding hydrogens is 454 g/mol. The molecule has 1 saturated heterocycles. The number of amides is 3. The van der Waals surface area contributed by atoms with Crippen LogP contribution in [0.25, 0.3) is 0 Å². The number of pyridine rings is 1. The third-order valence-corrected chi connectivity index (χ3v) is 5.25. The number of rotatable bonds is 6. The zero-order valence-electron chi connectivity index (χ0n) is 18.6. The molecule has 0 spiro atoms. The quantitative estimate of drug-likeness (QED) is 0.425. The minimum Gasteiger partial charge on any atom is -0.489 e. The Morgan fingerprint density at radius 2 is 1.83 bits per heavy atom. The molecule has 2 aliphatic heterocycles. The summed E-state index contributed by atoms with van der Waals surface area (Å²) in [6.45, 7) is 0.467. The summed E-state index contributed by atoms with van der Waals surface area (Å²) in [5.41, 5.74) is 1.06. The SMILES string of the molecule is O=C1CN(c2ccccn2)C(=O)N1C[C@@H]1COc2ccc(OCc3ccccc3)cc2O1.O=CO. The predicted octanol–water partition coefficient (Wildman–Crippen LogP) is 2.97. The normalized spacial score (nSPS) is 16.4. The highest BCUT2D eigenvalue weighted by molar-refractivity contribution is 6.11. The van der Waals surface area contributed by atoms with E-state index in [1.807, 2.05) is 36.4 Å². The number of carbonyl (C=O) groups excluding carboxylic acids is 2. The first-order valence-electron chi connectivity index (χ1n) is 10.8. The van der Waals surface area contributed by atoms with Gasteiger partial charge in [-0.25, -0.2) is 9.78 Å². The fourth-order valence-electron chi connectivity index (χ4n) is 3.63. The number of hydrogen-bond acceptors (Lipinski definition) is 7. The highest BCUT2D eigenvalue weighted by Gasteiger charge is 2.39. The van der Waals surface area contributed by atoms with E-state index in [2.05, 4.69) is 4.98 Å². The zero-order chi connectivity index (χ0) is 24.6. The largest absolute Gasteiger partial charge is 0.489 e. The molecule has 0 saturated carbocycles. The number of carboxylic acid groups (broad SMARTS) is 1. The number of aromatic nitrogens is 1. The van der Waals surface area contributed by atoms with Crippen molar-refractivity contribution in [2.45, 2.75) is 12.7 Å². The molecule has 3 aromatic rings. The summed E-state index contributed by atoms with van der Waals surface area (Å²) in [5.74, 6) is 1.91. The van der Waals surface area contributed by atoms with Gasteiger partial charge in [0.2, 0.25) is 0 Å². The molecule has 3 heterocycles. The molecule has 1 aromatic heterocycles. The van der Waals surface area contributed by atoms with Crippen molar-refractivity contribution in [3.8, 4) is 17.2 Å². The monoisotopic (exact) mass is 477 g/mol. The van der Waals surface area contributed by atoms with Gasteiger partial charge in [0.1, 0.15) is 31.3 Å². The summed E-state index contributed by atoms with van der Waals surface area (Å²) < 4.78 is 17.7. The van der Waals surface area contributed by atoms with Gasteiger partial charge >= 0.3 is 6.03 Å². The molecule has 3 amide bonds. The van der Waals surface area contributed by atoms with Crippen molar-refractivity contribution in [1.29, 1.82) is 0 Å². The van der Waals surface area contributed by atoms with E-state index in [9.17, 15) is 9.59 Å². The lowest BCUT2D eigenvalue weighted by molar-refractivity contribution is -0.126. The minimum absolute atomic E-state index is 0.0442. The molecule has 10 nitrogen and oxygen atoms in total. The van der Waals surface area contributed by atoms with Crippen LogP contribution in [-0.4, -0.2) is 59.2 Å². The third kappa shape index (κ3) is 5.67. The maximum atomic E-state index is 12.8. The third-order valence-electron chi connectivity index (χ3n) is 5.25. The number of ether oxygens (including phenoxy) is 3. The van der Waals surface area contributed by atoms with Crippen LogP contribution in [0.3, 0.4) is 0 Å². The lowest BCUT2D eigenvalue weighted by Crippen LogP contribution is -2.44. The number of benzene rings is 2. The first-order chi connectivity index (χ1) is 17.1. The van der Waals surface area contributed by atoms with Gasteiger partial charge in [0.05, 0.1) is 6.54 Å². The second-order valence-electron chi connectivity index (χ2n) is 7.60. The summed E-state index contributed by atoms with van der Waals surface area (Å²) in [7, 11) is 0. The Morgan fingerprint density at radius 3 is 2.57 bits per heavy atom. The molecular formula is C25H23N3O7. The summed E-state index contributed by atoms with van der Waals surface area (Å²) in [6, 6.07) is 20.1. The highest BCUT2D eigenvalue weighted by Crippen LogP contribution is 2.35. The van der Waals surface area contributed by atoms with E-state index in [0.29, 0.717) is 29.7 Å². The summed E-state index contributed by atoms with van der Waals surface area (Å²) >= 11 is 0. The van der Waals surface area contributed by atoms with Crippen molar-refractivity contribution >= 4 is 24.2 Å². The highest BCUT2D eigenvalue weighted by atomic mass is 16.6. The molecule has 1 fully saturated rings. The molecule has 1 N–H and O–H groups in total. The van der Waals surface area contributed by atoms with Crippen LogP contribution in [0, 0.1) is 0 Å². The zero-order valence-corrected chi connectivity index (χ0v) is 18.6. The number of urea groups is 1. The van der Waals surface area contributed by atoms with Crippen molar-refractivity contribution in [3.63, 3.8) is 0 Å². The number of anilines is 1. The van der Waals surface area contributed by atoms with Crippen molar-refractivity contribution in [1.82, 2.24) is 9.88 Å². The second kappa shape index (κ2) is 11.0. The van der Waals surface area contributed by atoms with Crippen LogP contribution in [0.4, 0.5) is 10.6 Å². The lowest BCUT2D eigenvalue weighted by Gasteiger charge is -2.29. The van der Waals surface area contributed by atoms with Crippen LogP contribution in [0.5, 0.6) is 17.2 Å². The molecule has 2 aromatic carbocycles. The molecule has 0 unspecified atom stereocenters. The smallest absolute Gasteiger partial charge is 0.333 e. The molecule has 0 aliphatic carbocycles. The van der Waals surface area contributed by atoms with E-state index in [1.165, 1.54) is 9.80 Å². The molecule has 1 atom stereocenters. The number of hydrogen-bond donors (Lipinski definition) is 1. The summed E-state index contributed by atoms with van der Waals surface area (Å²) in [5, 5.41) is 6.89. The van der Waals surface area contributed by atoms with E-state index in [0.717, 1.165) is 5.56 Å². The van der Waals surface area contributed by atoms with E-state index in [1.54, 1.807) is 36.5 Å². The second-order valence-corrected chi connectivity index (χ2v) is 7.60. The first kappa shape index (κ1) is 23.6. The Hall–Kier alpha value is -4.60. The molecule has 5 rings (SSSR count). The van der Waals surface area contributed by atoms with Crippen molar-refractivity contribution in [2.24, 2.45) is 0 Å². The standard InChI is InChI=1S/C24H21N3O5.CH2O2/c28-23-14-26(22-8-4-5-11-25-22)24(29)27(23)13-19-16-31-20-10-9-18(12-21(20)32-19)30-15-17-6-2-1-3-7-17;2-1-3/h1-12,19H,13-16H2;1H,(H,2,3)/t19-;/m1./s1. The van der Waals surface area contributed by atoms with Crippen LogP contribution in [0.2, 0.25) is 0 Å². The molecule has 35 heavy (non-hydrogen) atoms. The van der Waals surface area contributed by atoms with Crippen LogP contribution in [0.15, 0.2) is 72.9 Å². The fourth-order valence-corrected chi connectivity index (χ4v) is 3.63. The predicted molar refractivity (Wildman–Crippen MR) is 125 cm³/mol. The average molecular weight is 477 g/mol. The molecule has 2 aliphatic rings. The van der Waals surface area contributed by atoms with Gasteiger partial charge in [0.15, 0.2) is 17.6 Å². The first-order valence-corrected chi connectivity index (χ1v) is 10.8. The van der Waals surface area contributed by atoms with E-state index >= 15 is 0 Å². The van der Waals surface area contributed by atoms with Gasteiger partial charge in [-0.05, 0) is 29.8 Å². The van der Waals surface area contributed by atoms with Gasteiger partial charge in [-0.15, -0.1) is 0 Å². The molecule has 10 heteroatoms. The van der Waals surface area contributed by atoms with Crippen LogP contribution in [0.1, 0.15) is 5.56 Å². The van der Waals surface area contributed by atoms with Crippen LogP contribution >= 0.6 is 0 Å². The number of fused-ring (bicyclic) bond motifs is 1. The van der Waals surface area contributed by atoms with Gasteiger partial charge in [0, 0.05) is 12.3 Å². The minimum atomic E-state index is -0.483. The van der Waals surface area contributed by atoms with Gasteiger partial charge in [-0.3, -0.25) is 19.4 Å². The van der Waals surface area contributed by atoms with Crippen molar-refractivity contribution in [3.05, 3.63) is 78.5 Å². The fraction of sp³-hybridized carbons (Fsp3) is 0.200. The van der Waals surface area contributed by atoms with Crippen molar-refractivity contribution < 1.29 is 33.7 Å². The Bertz CT molecular complexity index is 1170. The van der Waals surface area contributed by atoms with Gasteiger partial charge < -0.3 is 19.3 Å². The summed E-state index contributed by atoms with van der Waals surface area (Å²) in [6.07, 6.45) is 1.10. The van der Waals surface area contributed by atoms with Crippen molar-refractivity contribution in [2.75, 3.05) is 24.6 Å². The van der Waals surface area contributed by atoms with E-state index in [-0.39, 0.29) is 32.1 Å². The lowest BCUT2D eigenvalue weighted by atomic mass is 10.2. The number of imide groups is 1. The maximum Gasteiger partial charge on any atom is 0.333 e. The Morgan fingerprint density at radius 1 is 1.06 bits per heavy atom. The summed E-state index contributed by atoms with van der Waals surface area (Å²) in [4.78, 5) is 40.3. The average Bonchev–Trinajstić information content (AvgIpc) is 3.17. The molecule has 0 bridgehead atoms. The van der Waals surface area contributed by atoms with E-state index < -0.39 is 12.1 Å². The Labute approximate surface area is 201 Å². The topological polar surface area (TPSA) is 119 Å². The van der Waals surface area contributed by atoms with Gasteiger partial charge in [0.25, 0.3) is 12.4 Å². The van der Waals surface area contributed by atoms with E-state index in [4.69, 9.17) is 24.1 Å². The van der Waals surface area contributed by atoms with Crippen LogP contribution < -0.4 is 19.1 Å². The number of nitrogens with zero attached hydrogens (tertiary/aromatic N) is 3. The maximum absolute atomic E-state index is 12.8. The molecule has 180 valence electrons. The Balaban J connectivity index is 0.000000917. The molecule has 0 radical (unpaired) electrons.